The molecule has 0 saturated carbocycles. The number of nitrogens with one attached hydrogen (secondary N) is 1. The number of hydrogen-bond acceptors (Lipinski definition) is 4. The predicted molar refractivity (Wildman–Crippen MR) is 59.7 cm³/mol. The number of nitrogens with zero attached hydrogens (tertiary/aromatic N) is 2. The van der Waals surface area contributed by atoms with Crippen molar-refractivity contribution in [2.45, 2.75) is 24.4 Å². The number of aliphatic hydroxyl groups is 1. The molecule has 0 fully saturated rings. The van der Waals surface area contributed by atoms with Crippen molar-refractivity contribution in [2.24, 2.45) is 7.05 Å². The van der Waals surface area contributed by atoms with Crippen LogP contribution in [0.4, 0.5) is 0 Å². The molecule has 0 radical (unpaired) electrons. The van der Waals surface area contributed by atoms with E-state index in [0.29, 0.717) is 6.42 Å². The molecule has 0 aliphatic heterocycles. The zero-order chi connectivity index (χ0) is 12.3. The maximum absolute atomic E-state index is 11.8. The van der Waals surface area contributed by atoms with E-state index < -0.39 is 16.1 Å². The van der Waals surface area contributed by atoms with Crippen molar-refractivity contribution in [1.29, 1.82) is 0 Å². The van der Waals surface area contributed by atoms with Crippen LogP contribution < -0.4 is 4.72 Å². The van der Waals surface area contributed by atoms with E-state index in [-0.39, 0.29) is 16.8 Å². The van der Waals surface area contributed by atoms with Gasteiger partial charge in [0.2, 0.25) is 5.03 Å². The lowest BCUT2D eigenvalue weighted by Gasteiger charge is -2.13. The number of aryl methyl sites for hydroxylation is 1. The molecule has 0 saturated heterocycles. The van der Waals surface area contributed by atoms with E-state index >= 15 is 0 Å². The Morgan fingerprint density at radius 1 is 1.69 bits per heavy atom. The molecule has 6 nitrogen and oxygen atoms in total. The Bertz CT molecular complexity index is 453. The van der Waals surface area contributed by atoms with Gasteiger partial charge in [0.05, 0.1) is 12.9 Å². The molecule has 0 aliphatic rings. The highest BCUT2D eigenvalue weighted by Gasteiger charge is 2.24. The van der Waals surface area contributed by atoms with Gasteiger partial charge in [0.25, 0.3) is 10.0 Å². The van der Waals surface area contributed by atoms with Crippen LogP contribution in [0.1, 0.15) is 13.3 Å². The molecule has 0 aromatic carbocycles. The second-order valence-electron chi connectivity index (χ2n) is 3.36. The van der Waals surface area contributed by atoms with E-state index in [9.17, 15) is 8.42 Å². The summed E-state index contributed by atoms with van der Waals surface area (Å²) in [5.74, 6) is 0. The van der Waals surface area contributed by atoms with Gasteiger partial charge in [-0.1, -0.05) is 18.5 Å². The topological polar surface area (TPSA) is 84.2 Å². The summed E-state index contributed by atoms with van der Waals surface area (Å²) in [7, 11) is -2.17. The monoisotopic (exact) mass is 267 g/mol. The minimum Gasteiger partial charge on any atom is -0.395 e. The molecular formula is C8H14ClN3O3S. The van der Waals surface area contributed by atoms with Gasteiger partial charge in [-0.2, -0.15) is 0 Å². The molecule has 0 amide bonds. The van der Waals surface area contributed by atoms with Crippen LogP contribution in [0.5, 0.6) is 0 Å². The van der Waals surface area contributed by atoms with Crippen molar-refractivity contribution in [2.75, 3.05) is 6.61 Å². The Labute approximate surface area is 99.3 Å². The van der Waals surface area contributed by atoms with Crippen LogP contribution >= 0.6 is 11.6 Å². The van der Waals surface area contributed by atoms with Crippen molar-refractivity contribution in [3.05, 3.63) is 11.5 Å². The van der Waals surface area contributed by atoms with Crippen LogP contribution in [-0.2, 0) is 17.1 Å². The molecule has 0 unspecified atom stereocenters. The lowest BCUT2D eigenvalue weighted by atomic mass is 10.3. The molecule has 1 heterocycles. The van der Waals surface area contributed by atoms with E-state index in [2.05, 4.69) is 9.71 Å². The van der Waals surface area contributed by atoms with Gasteiger partial charge in [0.15, 0.2) is 0 Å². The molecule has 8 heteroatoms. The lowest BCUT2D eigenvalue weighted by molar-refractivity contribution is 0.253. The Morgan fingerprint density at radius 2 is 2.31 bits per heavy atom. The summed E-state index contributed by atoms with van der Waals surface area (Å²) in [5, 5.41) is 8.75. The second-order valence-corrected chi connectivity index (χ2v) is 5.35. The lowest BCUT2D eigenvalue weighted by Crippen LogP contribution is -2.37. The first-order valence-corrected chi connectivity index (χ1v) is 6.58. The van der Waals surface area contributed by atoms with Crippen LogP contribution in [0, 0.1) is 0 Å². The molecule has 0 spiro atoms. The zero-order valence-corrected chi connectivity index (χ0v) is 10.6. The number of imidazole rings is 1. The van der Waals surface area contributed by atoms with Crippen molar-refractivity contribution in [3.63, 3.8) is 0 Å². The van der Waals surface area contributed by atoms with Gasteiger partial charge in [-0.3, -0.25) is 0 Å². The second kappa shape index (κ2) is 5.13. The molecule has 2 N–H and O–H groups in total. The number of aromatic nitrogens is 2. The molecule has 16 heavy (non-hydrogen) atoms. The summed E-state index contributed by atoms with van der Waals surface area (Å²) in [5.41, 5.74) is 0. The maximum Gasteiger partial charge on any atom is 0.261 e. The van der Waals surface area contributed by atoms with Crippen molar-refractivity contribution < 1.29 is 13.5 Å². The average Bonchev–Trinajstić information content (AvgIpc) is 2.57. The first-order valence-electron chi connectivity index (χ1n) is 4.72. The number of rotatable bonds is 5. The number of halogens is 1. The van der Waals surface area contributed by atoms with Crippen LogP contribution in [0.2, 0.25) is 5.15 Å². The fourth-order valence-electron chi connectivity index (χ4n) is 1.10. The number of sulfonamides is 1. The average molecular weight is 268 g/mol. The van der Waals surface area contributed by atoms with Gasteiger partial charge in [-0.05, 0) is 6.42 Å². The molecule has 0 aliphatic carbocycles. The summed E-state index contributed by atoms with van der Waals surface area (Å²) in [6.07, 6.45) is 1.80. The first-order chi connectivity index (χ1) is 7.42. The fraction of sp³-hybridized carbons (Fsp3) is 0.625. The predicted octanol–water partition coefficient (Wildman–Crippen LogP) is 0.123. The fourth-order valence-corrected chi connectivity index (χ4v) is 2.84. The van der Waals surface area contributed by atoms with Gasteiger partial charge in [-0.25, -0.2) is 18.1 Å². The molecule has 1 aromatic rings. The summed E-state index contributed by atoms with van der Waals surface area (Å²) in [6, 6.07) is -0.525. The van der Waals surface area contributed by atoms with Gasteiger partial charge in [0.1, 0.15) is 5.15 Å². The molecule has 1 rings (SSSR count). The zero-order valence-electron chi connectivity index (χ0n) is 9.01. The molecular weight excluding hydrogens is 254 g/mol. The van der Waals surface area contributed by atoms with Crippen molar-refractivity contribution in [1.82, 2.24) is 14.3 Å². The normalized spacial score (nSPS) is 14.0. The summed E-state index contributed by atoms with van der Waals surface area (Å²) in [6.45, 7) is 1.50. The molecule has 1 atom stereocenters. The number of hydrogen-bond donors (Lipinski definition) is 2. The van der Waals surface area contributed by atoms with Gasteiger partial charge in [0, 0.05) is 13.1 Å². The van der Waals surface area contributed by atoms with E-state index in [4.69, 9.17) is 16.7 Å². The van der Waals surface area contributed by atoms with Crippen LogP contribution in [-0.4, -0.2) is 35.7 Å². The van der Waals surface area contributed by atoms with Crippen molar-refractivity contribution >= 4 is 21.6 Å². The Balaban J connectivity index is 2.99. The van der Waals surface area contributed by atoms with Gasteiger partial charge < -0.3 is 9.67 Å². The number of aliphatic hydroxyl groups excluding tert-OH is 1. The third kappa shape index (κ3) is 2.73. The van der Waals surface area contributed by atoms with E-state index in [0.717, 1.165) is 0 Å². The van der Waals surface area contributed by atoms with Crippen LogP contribution in [0.25, 0.3) is 0 Å². The van der Waals surface area contributed by atoms with Crippen LogP contribution in [0.3, 0.4) is 0 Å². The third-order valence-corrected chi connectivity index (χ3v) is 4.13. The maximum atomic E-state index is 11.8. The minimum absolute atomic E-state index is 0.0419. The summed E-state index contributed by atoms with van der Waals surface area (Å²) in [4.78, 5) is 3.71. The summed E-state index contributed by atoms with van der Waals surface area (Å²) < 4.78 is 27.3. The summed E-state index contributed by atoms with van der Waals surface area (Å²) >= 11 is 5.78. The van der Waals surface area contributed by atoms with Gasteiger partial charge in [-0.15, -0.1) is 0 Å². The van der Waals surface area contributed by atoms with E-state index in [1.165, 1.54) is 10.9 Å². The minimum atomic E-state index is -3.77. The highest BCUT2D eigenvalue weighted by atomic mass is 35.5. The Kier molecular flexibility index (Phi) is 4.31. The molecule has 92 valence electrons. The largest absolute Gasteiger partial charge is 0.395 e. The van der Waals surface area contributed by atoms with Crippen molar-refractivity contribution in [3.8, 4) is 0 Å². The van der Waals surface area contributed by atoms with Gasteiger partial charge >= 0.3 is 0 Å². The SMILES string of the molecule is CC[C@H](CO)NS(=O)(=O)c1ncn(C)c1Cl. The highest BCUT2D eigenvalue weighted by molar-refractivity contribution is 7.89. The van der Waals surface area contributed by atoms with Crippen LogP contribution in [0.15, 0.2) is 11.4 Å². The van der Waals surface area contributed by atoms with E-state index in [1.54, 1.807) is 14.0 Å². The highest BCUT2D eigenvalue weighted by Crippen LogP contribution is 2.18. The molecule has 0 bridgehead atoms. The standard InChI is InChI=1S/C8H14ClN3O3S/c1-3-6(4-13)11-16(14,15)8-7(9)12(2)5-10-8/h5-6,11,13H,3-4H2,1-2H3/t6-/m1/s1. The Morgan fingerprint density at radius 3 is 2.69 bits per heavy atom. The quantitative estimate of drug-likeness (QED) is 0.794. The third-order valence-electron chi connectivity index (χ3n) is 2.12. The first kappa shape index (κ1) is 13.4. The molecule has 1 aromatic heterocycles. The van der Waals surface area contributed by atoms with E-state index in [1.807, 2.05) is 0 Å². The Hall–Kier alpha value is -0.630. The smallest absolute Gasteiger partial charge is 0.261 e.